The number of pyridine rings is 2. The van der Waals surface area contributed by atoms with Crippen molar-refractivity contribution in [3.8, 4) is 16.9 Å². The third-order valence-electron chi connectivity index (χ3n) is 5.84. The quantitative estimate of drug-likeness (QED) is 0.438. The maximum absolute atomic E-state index is 12.3. The zero-order chi connectivity index (χ0) is 25.3. The van der Waals surface area contributed by atoms with E-state index in [1.54, 1.807) is 39.7 Å². The molecule has 0 saturated heterocycles. The Morgan fingerprint density at radius 3 is 2.63 bits per heavy atom. The van der Waals surface area contributed by atoms with Crippen molar-refractivity contribution in [3.63, 3.8) is 0 Å². The molecule has 180 valence electrons. The van der Waals surface area contributed by atoms with Gasteiger partial charge in [-0.15, -0.1) is 0 Å². The highest BCUT2D eigenvalue weighted by molar-refractivity contribution is 6.32. The number of aromatic nitrogens is 4. The lowest BCUT2D eigenvalue weighted by atomic mass is 9.95. The molecule has 0 aliphatic carbocycles. The van der Waals surface area contributed by atoms with Crippen molar-refractivity contribution in [3.05, 3.63) is 75.1 Å². The highest BCUT2D eigenvalue weighted by Gasteiger charge is 2.19. The average molecular weight is 493 g/mol. The summed E-state index contributed by atoms with van der Waals surface area (Å²) in [6.45, 7) is 2.41. The van der Waals surface area contributed by atoms with Crippen LogP contribution in [0.5, 0.6) is 5.75 Å². The Bertz CT molecular complexity index is 1480. The van der Waals surface area contributed by atoms with Crippen molar-refractivity contribution < 1.29 is 9.53 Å². The van der Waals surface area contributed by atoms with Gasteiger partial charge >= 0.3 is 0 Å². The number of nitrogen functional groups attached to an aromatic ring is 1. The Hall–Kier alpha value is -3.98. The molecule has 35 heavy (non-hydrogen) atoms. The van der Waals surface area contributed by atoms with E-state index in [9.17, 15) is 9.59 Å². The Morgan fingerprint density at radius 1 is 1.20 bits per heavy atom. The van der Waals surface area contributed by atoms with Crippen LogP contribution in [0.25, 0.3) is 22.2 Å². The van der Waals surface area contributed by atoms with Crippen LogP contribution in [0.4, 0.5) is 5.82 Å². The third kappa shape index (κ3) is 4.54. The molecule has 9 nitrogen and oxygen atoms in total. The van der Waals surface area contributed by atoms with Gasteiger partial charge in [0.15, 0.2) is 5.43 Å². The first-order chi connectivity index (χ1) is 16.7. The number of ether oxygens (including phenoxy) is 1. The number of halogens is 1. The molecule has 4 aromatic rings. The van der Waals surface area contributed by atoms with Gasteiger partial charge in [0.25, 0.3) is 5.91 Å². The largest absolute Gasteiger partial charge is 0.496 e. The van der Waals surface area contributed by atoms with Crippen LogP contribution in [-0.4, -0.2) is 51.5 Å². The standard InChI is InChI=1S/C25H25ClN6O3/c1-14-17(26)11-15(7-9-32-10-8-19(33)21-23(27)29-13-30-24(21)32)22(35-4)20(14)16-5-6-18(28-12-16)25(34)31(2)3/h5-6,8,10-13H,7,9H2,1-4H3,(H2,27,29,30). The van der Waals surface area contributed by atoms with Gasteiger partial charge in [0.2, 0.25) is 0 Å². The van der Waals surface area contributed by atoms with Crippen molar-refractivity contribution in [1.29, 1.82) is 0 Å². The molecule has 3 aromatic heterocycles. The van der Waals surface area contributed by atoms with Crippen LogP contribution in [-0.2, 0) is 13.0 Å². The summed E-state index contributed by atoms with van der Waals surface area (Å²) in [5.74, 6) is 0.640. The highest BCUT2D eigenvalue weighted by Crippen LogP contribution is 2.40. The number of nitrogens with two attached hydrogens (primary N) is 1. The van der Waals surface area contributed by atoms with Gasteiger partial charge < -0.3 is 19.9 Å². The first-order valence-electron chi connectivity index (χ1n) is 10.9. The smallest absolute Gasteiger partial charge is 0.271 e. The number of hydrogen-bond acceptors (Lipinski definition) is 7. The summed E-state index contributed by atoms with van der Waals surface area (Å²) in [6.07, 6.45) is 5.22. The van der Waals surface area contributed by atoms with Gasteiger partial charge in [-0.2, -0.15) is 0 Å². The first-order valence-corrected chi connectivity index (χ1v) is 11.2. The minimum Gasteiger partial charge on any atom is -0.496 e. The lowest BCUT2D eigenvalue weighted by Gasteiger charge is -2.19. The van der Waals surface area contributed by atoms with Crippen LogP contribution in [0.3, 0.4) is 0 Å². The molecule has 0 unspecified atom stereocenters. The zero-order valence-corrected chi connectivity index (χ0v) is 20.6. The molecule has 4 rings (SSSR count). The van der Waals surface area contributed by atoms with Crippen molar-refractivity contribution in [2.24, 2.45) is 0 Å². The molecule has 0 aliphatic rings. The van der Waals surface area contributed by atoms with Crippen LogP contribution in [0, 0.1) is 6.92 Å². The number of rotatable bonds is 6. The van der Waals surface area contributed by atoms with E-state index in [4.69, 9.17) is 22.1 Å². The topological polar surface area (TPSA) is 116 Å². The zero-order valence-electron chi connectivity index (χ0n) is 19.9. The molecule has 0 fully saturated rings. The van der Waals surface area contributed by atoms with Crippen LogP contribution < -0.4 is 15.9 Å². The van der Waals surface area contributed by atoms with E-state index in [-0.39, 0.29) is 17.2 Å². The number of aryl methyl sites for hydroxylation is 2. The predicted molar refractivity (Wildman–Crippen MR) is 136 cm³/mol. The van der Waals surface area contributed by atoms with Crippen LogP contribution in [0.15, 0.2) is 47.8 Å². The minimum atomic E-state index is -0.226. The fourth-order valence-corrected chi connectivity index (χ4v) is 4.24. The summed E-state index contributed by atoms with van der Waals surface area (Å²) in [6, 6.07) is 6.86. The lowest BCUT2D eigenvalue weighted by Crippen LogP contribution is -2.22. The maximum Gasteiger partial charge on any atom is 0.271 e. The summed E-state index contributed by atoms with van der Waals surface area (Å²) in [4.78, 5) is 38.5. The SMILES string of the molecule is COc1c(CCn2ccc(=O)c3c(N)ncnc32)cc(Cl)c(C)c1-c1ccc(C(=O)N(C)C)nc1. The average Bonchev–Trinajstić information content (AvgIpc) is 2.85. The monoisotopic (exact) mass is 492 g/mol. The Balaban J connectivity index is 1.74. The van der Waals surface area contributed by atoms with Crippen LogP contribution >= 0.6 is 11.6 Å². The molecule has 0 atom stereocenters. The number of nitrogens with zero attached hydrogens (tertiary/aromatic N) is 5. The van der Waals surface area contributed by atoms with Gasteiger partial charge in [-0.05, 0) is 36.6 Å². The van der Waals surface area contributed by atoms with E-state index >= 15 is 0 Å². The van der Waals surface area contributed by atoms with Gasteiger partial charge in [-0.1, -0.05) is 17.7 Å². The number of benzene rings is 1. The normalized spacial score (nSPS) is 11.0. The first kappa shape index (κ1) is 24.2. The molecular weight excluding hydrogens is 468 g/mol. The Kier molecular flexibility index (Phi) is 6.70. The molecule has 10 heteroatoms. The number of amides is 1. The molecule has 0 radical (unpaired) electrons. The van der Waals surface area contributed by atoms with Gasteiger partial charge in [-0.25, -0.2) is 9.97 Å². The summed E-state index contributed by atoms with van der Waals surface area (Å²) >= 11 is 6.62. The molecule has 1 aromatic carbocycles. The molecular formula is C25H25ClN6O3. The Morgan fingerprint density at radius 2 is 1.97 bits per heavy atom. The number of anilines is 1. The van der Waals surface area contributed by atoms with Crippen molar-refractivity contribution >= 4 is 34.4 Å². The second-order valence-electron chi connectivity index (χ2n) is 8.26. The molecule has 0 bridgehead atoms. The van der Waals surface area contributed by atoms with Gasteiger partial charge in [0.1, 0.15) is 34.6 Å². The summed E-state index contributed by atoms with van der Waals surface area (Å²) in [7, 11) is 4.97. The Labute approximate surface area is 207 Å². The molecule has 0 saturated carbocycles. The minimum absolute atomic E-state index is 0.149. The fraction of sp³-hybridized carbons (Fsp3) is 0.240. The van der Waals surface area contributed by atoms with E-state index in [0.29, 0.717) is 40.5 Å². The highest BCUT2D eigenvalue weighted by atomic mass is 35.5. The van der Waals surface area contributed by atoms with Crippen molar-refractivity contribution in [2.75, 3.05) is 26.9 Å². The number of hydrogen-bond donors (Lipinski definition) is 1. The van der Waals surface area contributed by atoms with E-state index in [2.05, 4.69) is 15.0 Å². The van der Waals surface area contributed by atoms with Gasteiger partial charge in [0, 0.05) is 55.2 Å². The van der Waals surface area contributed by atoms with Gasteiger partial charge in [-0.3, -0.25) is 14.6 Å². The van der Waals surface area contributed by atoms with E-state index in [1.165, 1.54) is 17.3 Å². The van der Waals surface area contributed by atoms with Crippen molar-refractivity contribution in [1.82, 2.24) is 24.4 Å². The number of carbonyl (C=O) groups excluding carboxylic acids is 1. The van der Waals surface area contributed by atoms with E-state index < -0.39 is 0 Å². The number of fused-ring (bicyclic) bond motifs is 1. The molecule has 1 amide bonds. The second-order valence-corrected chi connectivity index (χ2v) is 8.67. The number of carbonyl (C=O) groups is 1. The van der Waals surface area contributed by atoms with Crippen LogP contribution in [0.2, 0.25) is 5.02 Å². The summed E-state index contributed by atoms with van der Waals surface area (Å²) < 4.78 is 7.68. The number of methoxy groups -OCH3 is 1. The summed E-state index contributed by atoms with van der Waals surface area (Å²) in [5.41, 5.74) is 9.82. The van der Waals surface area contributed by atoms with Crippen LogP contribution in [0.1, 0.15) is 21.6 Å². The maximum atomic E-state index is 12.3. The van der Waals surface area contributed by atoms with E-state index in [0.717, 1.165) is 22.3 Å². The molecule has 0 aliphatic heterocycles. The van der Waals surface area contributed by atoms with Gasteiger partial charge in [0.05, 0.1) is 7.11 Å². The third-order valence-corrected chi connectivity index (χ3v) is 6.23. The molecule has 3 heterocycles. The second kappa shape index (κ2) is 9.71. The molecule has 0 spiro atoms. The summed E-state index contributed by atoms with van der Waals surface area (Å²) in [5, 5.41) is 0.878. The van der Waals surface area contributed by atoms with E-state index in [1.807, 2.05) is 23.6 Å². The molecule has 2 N–H and O–H groups in total. The lowest BCUT2D eigenvalue weighted by molar-refractivity contribution is 0.0822. The van der Waals surface area contributed by atoms with Crippen molar-refractivity contribution in [2.45, 2.75) is 19.9 Å². The fourth-order valence-electron chi connectivity index (χ4n) is 4.02. The predicted octanol–water partition coefficient (Wildman–Crippen LogP) is 3.35.